The zero-order valence-corrected chi connectivity index (χ0v) is 17.7. The summed E-state index contributed by atoms with van der Waals surface area (Å²) in [6.45, 7) is 9.55. The van der Waals surface area contributed by atoms with Crippen LogP contribution in [0, 0.1) is 0 Å². The third-order valence-corrected chi connectivity index (χ3v) is 9.36. The molecule has 1 aliphatic carbocycles. The Morgan fingerprint density at radius 3 is 1.91 bits per heavy atom. The summed E-state index contributed by atoms with van der Waals surface area (Å²) in [5.74, 6) is 0. The van der Waals surface area contributed by atoms with Crippen molar-refractivity contribution in [2.75, 3.05) is 0 Å². The zero-order chi connectivity index (χ0) is 17.0. The van der Waals surface area contributed by atoms with Gasteiger partial charge in [0.05, 0.1) is 0 Å². The molecule has 0 saturated heterocycles. The third kappa shape index (κ3) is 9.91. The van der Waals surface area contributed by atoms with Crippen molar-refractivity contribution in [2.24, 2.45) is 0 Å². The summed E-state index contributed by atoms with van der Waals surface area (Å²) in [5.41, 5.74) is 0.918. The highest BCUT2D eigenvalue weighted by Crippen LogP contribution is 2.38. The second-order valence-electron chi connectivity index (χ2n) is 8.48. The number of hydrogen-bond acceptors (Lipinski definition) is 1. The maximum Gasteiger partial charge on any atom is 0.190 e. The standard InChI is InChI=1S/C21H44OSi/c1-5-6-7-8-9-10-11-12-14-17-20(2)22-23(3,4)21-18-15-13-16-19-21/h20-21H,5-19H2,1-4H3. The summed E-state index contributed by atoms with van der Waals surface area (Å²) in [6.07, 6.45) is 21.8. The van der Waals surface area contributed by atoms with Gasteiger partial charge in [-0.2, -0.15) is 0 Å². The fourth-order valence-corrected chi connectivity index (χ4v) is 7.36. The first-order valence-corrected chi connectivity index (χ1v) is 13.7. The van der Waals surface area contributed by atoms with Gasteiger partial charge in [0.2, 0.25) is 0 Å². The van der Waals surface area contributed by atoms with E-state index >= 15 is 0 Å². The van der Waals surface area contributed by atoms with Gasteiger partial charge < -0.3 is 4.43 Å². The maximum atomic E-state index is 6.59. The molecule has 138 valence electrons. The molecular weight excluding hydrogens is 296 g/mol. The average molecular weight is 341 g/mol. The molecule has 0 radical (unpaired) electrons. The van der Waals surface area contributed by atoms with Crippen LogP contribution in [0.3, 0.4) is 0 Å². The Labute approximate surface area is 148 Å². The van der Waals surface area contributed by atoms with Crippen LogP contribution < -0.4 is 0 Å². The van der Waals surface area contributed by atoms with Crippen LogP contribution in [-0.2, 0) is 4.43 Å². The first kappa shape index (κ1) is 21.2. The predicted octanol–water partition coefficient (Wildman–Crippen LogP) is 7.85. The molecule has 1 aliphatic rings. The van der Waals surface area contributed by atoms with E-state index in [-0.39, 0.29) is 0 Å². The minimum absolute atomic E-state index is 0.489. The van der Waals surface area contributed by atoms with Gasteiger partial charge in [-0.3, -0.25) is 0 Å². The van der Waals surface area contributed by atoms with E-state index in [0.29, 0.717) is 6.10 Å². The molecule has 1 unspecified atom stereocenters. The molecule has 0 heterocycles. The molecule has 0 aromatic rings. The number of rotatable bonds is 13. The Balaban J connectivity index is 2.01. The molecule has 0 amide bonds. The van der Waals surface area contributed by atoms with E-state index in [2.05, 4.69) is 26.9 Å². The molecule has 1 fully saturated rings. The topological polar surface area (TPSA) is 9.23 Å². The predicted molar refractivity (Wildman–Crippen MR) is 107 cm³/mol. The van der Waals surface area contributed by atoms with Gasteiger partial charge in [-0.15, -0.1) is 0 Å². The second-order valence-corrected chi connectivity index (χ2v) is 12.7. The highest BCUT2D eigenvalue weighted by atomic mass is 28.4. The summed E-state index contributed by atoms with van der Waals surface area (Å²) in [7, 11) is -1.46. The molecule has 0 aliphatic heterocycles. The number of unbranched alkanes of at least 4 members (excludes halogenated alkanes) is 8. The van der Waals surface area contributed by atoms with Crippen molar-refractivity contribution < 1.29 is 4.43 Å². The molecule has 1 rings (SSSR count). The van der Waals surface area contributed by atoms with Gasteiger partial charge >= 0.3 is 0 Å². The molecule has 1 saturated carbocycles. The lowest BCUT2D eigenvalue weighted by Crippen LogP contribution is -2.40. The SMILES string of the molecule is CCCCCCCCCCCC(C)O[Si](C)(C)C1CCCCC1. The maximum absolute atomic E-state index is 6.59. The lowest BCUT2D eigenvalue weighted by atomic mass is 10.0. The molecular formula is C21H44OSi. The summed E-state index contributed by atoms with van der Waals surface area (Å²) in [4.78, 5) is 0. The fourth-order valence-electron chi connectivity index (χ4n) is 4.21. The Morgan fingerprint density at radius 2 is 1.35 bits per heavy atom. The van der Waals surface area contributed by atoms with Crippen LogP contribution in [0.4, 0.5) is 0 Å². The van der Waals surface area contributed by atoms with Gasteiger partial charge in [-0.05, 0) is 32.0 Å². The van der Waals surface area contributed by atoms with Crippen molar-refractivity contribution >= 4 is 8.32 Å². The third-order valence-electron chi connectivity index (χ3n) is 5.81. The van der Waals surface area contributed by atoms with E-state index in [0.717, 1.165) is 5.54 Å². The van der Waals surface area contributed by atoms with Crippen molar-refractivity contribution in [1.82, 2.24) is 0 Å². The first-order chi connectivity index (χ1) is 11.1. The summed E-state index contributed by atoms with van der Waals surface area (Å²) >= 11 is 0. The van der Waals surface area contributed by atoms with Crippen LogP contribution in [0.25, 0.3) is 0 Å². The largest absolute Gasteiger partial charge is 0.414 e. The molecule has 0 aromatic carbocycles. The molecule has 0 aromatic heterocycles. The summed E-state index contributed by atoms with van der Waals surface area (Å²) < 4.78 is 6.59. The van der Waals surface area contributed by atoms with Gasteiger partial charge in [-0.1, -0.05) is 96.8 Å². The average Bonchev–Trinajstić information content (AvgIpc) is 2.54. The zero-order valence-electron chi connectivity index (χ0n) is 16.7. The second kappa shape index (κ2) is 12.5. The first-order valence-electron chi connectivity index (χ1n) is 10.7. The smallest absolute Gasteiger partial charge is 0.190 e. The van der Waals surface area contributed by atoms with E-state index in [1.807, 2.05) is 0 Å². The van der Waals surface area contributed by atoms with E-state index < -0.39 is 8.32 Å². The van der Waals surface area contributed by atoms with Crippen LogP contribution in [0.5, 0.6) is 0 Å². The lowest BCUT2D eigenvalue weighted by Gasteiger charge is -2.37. The van der Waals surface area contributed by atoms with E-state index in [1.165, 1.54) is 96.3 Å². The highest BCUT2D eigenvalue weighted by molar-refractivity contribution is 6.72. The van der Waals surface area contributed by atoms with Crippen LogP contribution in [0.2, 0.25) is 18.6 Å². The van der Waals surface area contributed by atoms with Crippen LogP contribution in [0.15, 0.2) is 0 Å². The Hall–Kier alpha value is 0.177. The van der Waals surface area contributed by atoms with Crippen molar-refractivity contribution in [3.8, 4) is 0 Å². The van der Waals surface area contributed by atoms with Crippen molar-refractivity contribution in [3.63, 3.8) is 0 Å². The lowest BCUT2D eigenvalue weighted by molar-refractivity contribution is 0.187. The van der Waals surface area contributed by atoms with Crippen molar-refractivity contribution in [1.29, 1.82) is 0 Å². The van der Waals surface area contributed by atoms with Gasteiger partial charge in [0.15, 0.2) is 8.32 Å². The number of hydrogen-bond donors (Lipinski definition) is 0. The highest BCUT2D eigenvalue weighted by Gasteiger charge is 2.35. The molecule has 1 nitrogen and oxygen atoms in total. The molecule has 23 heavy (non-hydrogen) atoms. The molecule has 0 spiro atoms. The summed E-state index contributed by atoms with van der Waals surface area (Å²) in [5, 5.41) is 0. The quantitative estimate of drug-likeness (QED) is 0.245. The molecule has 0 N–H and O–H groups in total. The van der Waals surface area contributed by atoms with Gasteiger partial charge in [0.25, 0.3) is 0 Å². The molecule has 0 bridgehead atoms. The molecule has 1 atom stereocenters. The van der Waals surface area contributed by atoms with Gasteiger partial charge in [0.1, 0.15) is 0 Å². The Bertz CT molecular complexity index is 271. The fraction of sp³-hybridized carbons (Fsp3) is 1.00. The molecule has 2 heteroatoms. The minimum Gasteiger partial charge on any atom is -0.414 e. The van der Waals surface area contributed by atoms with Crippen LogP contribution in [0.1, 0.15) is 110 Å². The Kier molecular flexibility index (Phi) is 11.6. The monoisotopic (exact) mass is 340 g/mol. The minimum atomic E-state index is -1.46. The van der Waals surface area contributed by atoms with Crippen LogP contribution in [-0.4, -0.2) is 14.4 Å². The van der Waals surface area contributed by atoms with E-state index in [1.54, 1.807) is 0 Å². The van der Waals surface area contributed by atoms with Crippen LogP contribution >= 0.6 is 0 Å². The van der Waals surface area contributed by atoms with Gasteiger partial charge in [-0.25, -0.2) is 0 Å². The van der Waals surface area contributed by atoms with Gasteiger partial charge in [0, 0.05) is 6.10 Å². The Morgan fingerprint density at radius 1 is 0.826 bits per heavy atom. The summed E-state index contributed by atoms with van der Waals surface area (Å²) in [6, 6.07) is 0. The van der Waals surface area contributed by atoms with Crippen molar-refractivity contribution in [2.45, 2.75) is 135 Å². The van der Waals surface area contributed by atoms with E-state index in [4.69, 9.17) is 4.43 Å². The van der Waals surface area contributed by atoms with E-state index in [9.17, 15) is 0 Å². The van der Waals surface area contributed by atoms with Crippen molar-refractivity contribution in [3.05, 3.63) is 0 Å². The normalized spacial score (nSPS) is 18.3.